The first-order valence-corrected chi connectivity index (χ1v) is 12.6. The highest BCUT2D eigenvalue weighted by atomic mass is 32.2. The van der Waals surface area contributed by atoms with Gasteiger partial charge in [-0.1, -0.05) is 30.3 Å². The summed E-state index contributed by atoms with van der Waals surface area (Å²) in [6.07, 6.45) is 2.01. The van der Waals surface area contributed by atoms with Gasteiger partial charge in [0.1, 0.15) is 14.1 Å². The van der Waals surface area contributed by atoms with E-state index in [0.717, 1.165) is 18.2 Å². The molecule has 1 aromatic carbocycles. The molecule has 0 radical (unpaired) electrons. The maximum atomic E-state index is 12.6. The van der Waals surface area contributed by atoms with Crippen LogP contribution in [0, 0.1) is 0 Å². The molecule has 154 valence electrons. The first kappa shape index (κ1) is 23.8. The van der Waals surface area contributed by atoms with E-state index in [4.69, 9.17) is 9.47 Å². The van der Waals surface area contributed by atoms with Crippen LogP contribution in [0.4, 0.5) is 0 Å². The Morgan fingerprint density at radius 2 is 1.81 bits per heavy atom. The van der Waals surface area contributed by atoms with E-state index in [1.165, 1.54) is 0 Å². The van der Waals surface area contributed by atoms with Gasteiger partial charge < -0.3 is 14.0 Å². The second-order valence-electron chi connectivity index (χ2n) is 6.17. The molecule has 1 aromatic rings. The average Bonchev–Trinajstić information content (AvgIpc) is 2.60. The number of benzene rings is 1. The molecule has 0 N–H and O–H groups in total. The van der Waals surface area contributed by atoms with Crippen LogP contribution in [-0.4, -0.2) is 52.0 Å². The van der Waals surface area contributed by atoms with Crippen LogP contribution in [0.25, 0.3) is 0 Å². The predicted molar refractivity (Wildman–Crippen MR) is 105 cm³/mol. The standard InChI is InChI=1S/C18H29O7PS/c1-4-23-17(19)18(24-5-2,14-26(20)15-25-27(3,21)22)13-9-12-16-10-7-6-8-11-16/h6-8,10-11,26H,4-5,9,12-15H2,1-3H3. The van der Waals surface area contributed by atoms with Crippen LogP contribution in [0.2, 0.25) is 0 Å². The molecule has 0 bridgehead atoms. The molecule has 27 heavy (non-hydrogen) atoms. The quantitative estimate of drug-likeness (QED) is 0.275. The van der Waals surface area contributed by atoms with Crippen LogP contribution in [-0.2, 0) is 39.6 Å². The average molecular weight is 420 g/mol. The molecule has 0 fully saturated rings. The van der Waals surface area contributed by atoms with E-state index in [9.17, 15) is 17.8 Å². The van der Waals surface area contributed by atoms with E-state index in [1.54, 1.807) is 13.8 Å². The molecule has 0 aliphatic carbocycles. The second-order valence-corrected chi connectivity index (χ2v) is 9.53. The van der Waals surface area contributed by atoms with Gasteiger partial charge in [0.25, 0.3) is 10.1 Å². The molecule has 0 spiro atoms. The van der Waals surface area contributed by atoms with Gasteiger partial charge in [0.2, 0.25) is 0 Å². The van der Waals surface area contributed by atoms with E-state index in [2.05, 4.69) is 4.18 Å². The third-order valence-corrected chi connectivity index (χ3v) is 6.06. The van der Waals surface area contributed by atoms with Gasteiger partial charge in [-0.2, -0.15) is 8.42 Å². The van der Waals surface area contributed by atoms with Crippen LogP contribution >= 0.6 is 7.80 Å². The Kier molecular flexibility index (Phi) is 10.2. The number of aryl methyl sites for hydroxylation is 1. The lowest BCUT2D eigenvalue weighted by Crippen LogP contribution is -2.46. The van der Waals surface area contributed by atoms with Crippen LogP contribution in [0.1, 0.15) is 32.3 Å². The summed E-state index contributed by atoms with van der Waals surface area (Å²) in [6.45, 7) is 3.85. The normalized spacial score (nSPS) is 15.1. The maximum Gasteiger partial charge on any atom is 0.338 e. The minimum absolute atomic E-state index is 0.116. The third kappa shape index (κ3) is 9.02. The van der Waals surface area contributed by atoms with E-state index >= 15 is 0 Å². The van der Waals surface area contributed by atoms with Gasteiger partial charge in [-0.3, -0.25) is 4.18 Å². The maximum absolute atomic E-state index is 12.6. The van der Waals surface area contributed by atoms with Crippen molar-refractivity contribution in [3.05, 3.63) is 35.9 Å². The van der Waals surface area contributed by atoms with Gasteiger partial charge in [0.15, 0.2) is 5.60 Å². The molecular weight excluding hydrogens is 391 g/mol. The summed E-state index contributed by atoms with van der Waals surface area (Å²) in [7, 11) is -6.24. The zero-order valence-corrected chi connectivity index (χ0v) is 17.9. The van der Waals surface area contributed by atoms with Crippen molar-refractivity contribution in [1.29, 1.82) is 0 Å². The van der Waals surface area contributed by atoms with Crippen molar-refractivity contribution in [1.82, 2.24) is 0 Å². The van der Waals surface area contributed by atoms with Gasteiger partial charge in [0.05, 0.1) is 12.9 Å². The van der Waals surface area contributed by atoms with Crippen molar-refractivity contribution < 1.29 is 31.4 Å². The van der Waals surface area contributed by atoms with Crippen molar-refractivity contribution >= 4 is 23.9 Å². The molecule has 9 heteroatoms. The lowest BCUT2D eigenvalue weighted by atomic mass is 9.96. The van der Waals surface area contributed by atoms with Crippen LogP contribution in [0.3, 0.4) is 0 Å². The summed E-state index contributed by atoms with van der Waals surface area (Å²) >= 11 is 0. The zero-order chi connectivity index (χ0) is 20.3. The second kappa shape index (κ2) is 11.6. The summed E-state index contributed by atoms with van der Waals surface area (Å²) in [4.78, 5) is 12.6. The van der Waals surface area contributed by atoms with Crippen molar-refractivity contribution in [3.8, 4) is 0 Å². The lowest BCUT2D eigenvalue weighted by molar-refractivity contribution is -0.170. The smallest absolute Gasteiger partial charge is 0.338 e. The largest absolute Gasteiger partial charge is 0.464 e. The van der Waals surface area contributed by atoms with Crippen molar-refractivity contribution in [2.24, 2.45) is 0 Å². The van der Waals surface area contributed by atoms with Crippen LogP contribution in [0.15, 0.2) is 30.3 Å². The van der Waals surface area contributed by atoms with Gasteiger partial charge in [-0.05, 0) is 38.7 Å². The number of carbonyl (C=O) groups is 1. The van der Waals surface area contributed by atoms with E-state index in [0.29, 0.717) is 12.8 Å². The van der Waals surface area contributed by atoms with E-state index < -0.39 is 35.8 Å². The molecule has 2 unspecified atom stereocenters. The molecule has 0 aromatic heterocycles. The Morgan fingerprint density at radius 1 is 1.15 bits per heavy atom. The number of hydrogen-bond acceptors (Lipinski definition) is 7. The lowest BCUT2D eigenvalue weighted by Gasteiger charge is -2.31. The first-order valence-electron chi connectivity index (χ1n) is 8.93. The van der Waals surface area contributed by atoms with Crippen molar-refractivity contribution in [3.63, 3.8) is 0 Å². The molecule has 1 rings (SSSR count). The molecule has 0 aliphatic heterocycles. The minimum Gasteiger partial charge on any atom is -0.464 e. The Labute approximate surface area is 162 Å². The highest BCUT2D eigenvalue weighted by Crippen LogP contribution is 2.34. The summed E-state index contributed by atoms with van der Waals surface area (Å²) < 4.78 is 50.2. The van der Waals surface area contributed by atoms with Crippen molar-refractivity contribution in [2.75, 3.05) is 32.0 Å². The third-order valence-electron chi connectivity index (χ3n) is 3.87. The van der Waals surface area contributed by atoms with Gasteiger partial charge in [0, 0.05) is 12.8 Å². The van der Waals surface area contributed by atoms with Gasteiger partial charge in [-0.25, -0.2) is 4.79 Å². The number of carbonyl (C=O) groups excluding carboxylic acids is 1. The van der Waals surface area contributed by atoms with E-state index in [1.807, 2.05) is 30.3 Å². The Hall–Kier alpha value is -1.21. The molecule has 2 atom stereocenters. The van der Waals surface area contributed by atoms with Crippen molar-refractivity contribution in [2.45, 2.75) is 38.7 Å². The molecule has 0 saturated carbocycles. The predicted octanol–water partition coefficient (Wildman–Crippen LogP) is 2.84. The topological polar surface area (TPSA) is 96.0 Å². The SMILES string of the molecule is CCOC(=O)C(CCCc1ccccc1)(C[PH](=O)COS(C)(=O)=O)OCC. The van der Waals surface area contributed by atoms with E-state index in [-0.39, 0.29) is 19.4 Å². The Balaban J connectivity index is 2.88. The molecule has 0 amide bonds. The minimum atomic E-state index is -3.70. The molecule has 0 heterocycles. The fourth-order valence-electron chi connectivity index (χ4n) is 2.75. The highest BCUT2D eigenvalue weighted by Gasteiger charge is 2.42. The van der Waals surface area contributed by atoms with Gasteiger partial charge in [-0.15, -0.1) is 0 Å². The van der Waals surface area contributed by atoms with Gasteiger partial charge >= 0.3 is 5.97 Å². The highest BCUT2D eigenvalue weighted by molar-refractivity contribution is 7.86. The number of rotatable bonds is 13. The summed E-state index contributed by atoms with van der Waals surface area (Å²) in [5.74, 6) is -0.572. The summed E-state index contributed by atoms with van der Waals surface area (Å²) in [5.41, 5.74) is -0.240. The number of esters is 1. The molecule has 7 nitrogen and oxygen atoms in total. The zero-order valence-electron chi connectivity index (χ0n) is 16.1. The Bertz CT molecular complexity index is 706. The molecule has 0 aliphatic rings. The fraction of sp³-hybridized carbons (Fsp3) is 0.611. The first-order chi connectivity index (χ1) is 12.7. The molecule has 0 saturated heterocycles. The Morgan fingerprint density at radius 3 is 2.37 bits per heavy atom. The number of hydrogen-bond donors (Lipinski definition) is 0. The van der Waals surface area contributed by atoms with Crippen LogP contribution in [0.5, 0.6) is 0 Å². The molecular formula is C18H29O7PS. The van der Waals surface area contributed by atoms with Crippen LogP contribution < -0.4 is 0 Å². The summed E-state index contributed by atoms with van der Waals surface area (Å²) in [5, 5.41) is 0. The monoisotopic (exact) mass is 420 g/mol. The summed E-state index contributed by atoms with van der Waals surface area (Å²) in [6, 6.07) is 9.81. The fourth-order valence-corrected chi connectivity index (χ4v) is 5.29. The number of ether oxygens (including phenoxy) is 2.